The maximum atomic E-state index is 5.41. The molecule has 1 aromatic carbocycles. The summed E-state index contributed by atoms with van der Waals surface area (Å²) in [5, 5.41) is 4.66. The Bertz CT molecular complexity index is 725. The summed E-state index contributed by atoms with van der Waals surface area (Å²) in [7, 11) is 0. The van der Waals surface area contributed by atoms with Crippen LogP contribution in [0, 0.1) is 6.92 Å². The second-order valence-electron chi connectivity index (χ2n) is 4.25. The smallest absolute Gasteiger partial charge is 0.256 e. The summed E-state index contributed by atoms with van der Waals surface area (Å²) < 4.78 is 1.56. The van der Waals surface area contributed by atoms with Gasteiger partial charge < -0.3 is 0 Å². The van der Waals surface area contributed by atoms with Gasteiger partial charge in [-0.05, 0) is 36.9 Å². The highest BCUT2D eigenvalue weighted by Gasteiger charge is 2.09. The molecule has 0 aliphatic rings. The van der Waals surface area contributed by atoms with Crippen LogP contribution in [0.15, 0.2) is 52.8 Å². The molecule has 3 aromatic rings. The molecule has 8 heteroatoms. The summed E-state index contributed by atoms with van der Waals surface area (Å²) in [4.78, 5) is 13.9. The summed E-state index contributed by atoms with van der Waals surface area (Å²) in [5.74, 6) is 6.12. The van der Waals surface area contributed by atoms with Crippen molar-refractivity contribution in [2.24, 2.45) is 5.84 Å². The topological polar surface area (TPSA) is 94.5 Å². The van der Waals surface area contributed by atoms with Gasteiger partial charge in [0.1, 0.15) is 0 Å². The average molecular weight is 299 g/mol. The number of hydrogen-bond donors (Lipinski definition) is 2. The minimum Gasteiger partial charge on any atom is -0.292 e. The zero-order valence-electron chi connectivity index (χ0n) is 11.3. The molecule has 0 saturated carbocycles. The molecule has 0 bridgehead atoms. The Kier molecular flexibility index (Phi) is 3.80. The SMILES string of the molecule is Cc1ccc(Sc2nc(NN)nc(-n3cccn3)n2)cc1. The molecular weight excluding hydrogens is 286 g/mol. The molecule has 3 rings (SSSR count). The van der Waals surface area contributed by atoms with E-state index in [0.717, 1.165) is 4.90 Å². The number of nitrogen functional groups attached to an aromatic ring is 1. The molecule has 2 heterocycles. The Labute approximate surface area is 125 Å². The van der Waals surface area contributed by atoms with Gasteiger partial charge in [-0.25, -0.2) is 10.5 Å². The van der Waals surface area contributed by atoms with Crippen LogP contribution in [0.5, 0.6) is 0 Å². The standard InChI is InChI=1S/C13H13N7S/c1-9-3-5-10(6-4-9)21-13-17-11(19-14)16-12(18-13)20-8-2-7-15-20/h2-8H,14H2,1H3,(H,16,17,18,19). The second-order valence-corrected chi connectivity index (χ2v) is 5.29. The fourth-order valence-electron chi connectivity index (χ4n) is 1.66. The van der Waals surface area contributed by atoms with E-state index in [9.17, 15) is 0 Å². The first-order valence-electron chi connectivity index (χ1n) is 6.22. The predicted molar refractivity (Wildman–Crippen MR) is 80.1 cm³/mol. The highest BCUT2D eigenvalue weighted by Crippen LogP contribution is 2.25. The maximum absolute atomic E-state index is 5.41. The van der Waals surface area contributed by atoms with Crippen molar-refractivity contribution < 1.29 is 0 Å². The van der Waals surface area contributed by atoms with E-state index in [-0.39, 0.29) is 0 Å². The fraction of sp³-hybridized carbons (Fsp3) is 0.0769. The van der Waals surface area contributed by atoms with E-state index >= 15 is 0 Å². The number of hydrogen-bond acceptors (Lipinski definition) is 7. The Morgan fingerprint density at radius 3 is 2.62 bits per heavy atom. The van der Waals surface area contributed by atoms with Crippen LogP contribution in [-0.2, 0) is 0 Å². The van der Waals surface area contributed by atoms with Crippen molar-refractivity contribution in [1.29, 1.82) is 0 Å². The van der Waals surface area contributed by atoms with Crippen molar-refractivity contribution in [2.75, 3.05) is 5.43 Å². The van der Waals surface area contributed by atoms with E-state index in [1.54, 1.807) is 23.1 Å². The van der Waals surface area contributed by atoms with Gasteiger partial charge in [-0.15, -0.1) is 0 Å². The fourth-order valence-corrected chi connectivity index (χ4v) is 2.40. The number of anilines is 1. The van der Waals surface area contributed by atoms with Crippen molar-refractivity contribution in [3.63, 3.8) is 0 Å². The monoisotopic (exact) mass is 299 g/mol. The largest absolute Gasteiger partial charge is 0.292 e. The number of benzene rings is 1. The molecule has 7 nitrogen and oxygen atoms in total. The molecule has 3 N–H and O–H groups in total. The minimum absolute atomic E-state index is 0.296. The molecule has 0 atom stereocenters. The summed E-state index contributed by atoms with van der Waals surface area (Å²) >= 11 is 1.44. The van der Waals surface area contributed by atoms with Crippen LogP contribution < -0.4 is 11.3 Å². The van der Waals surface area contributed by atoms with Gasteiger partial charge in [-0.3, -0.25) is 5.43 Å². The number of nitrogens with one attached hydrogen (secondary N) is 1. The Hall–Kier alpha value is -2.45. The van der Waals surface area contributed by atoms with E-state index in [0.29, 0.717) is 17.1 Å². The lowest BCUT2D eigenvalue weighted by atomic mass is 10.2. The number of hydrazine groups is 1. The van der Waals surface area contributed by atoms with Gasteiger partial charge in [0.05, 0.1) is 0 Å². The third-order valence-corrected chi connectivity index (χ3v) is 3.54. The van der Waals surface area contributed by atoms with Gasteiger partial charge >= 0.3 is 0 Å². The molecule has 0 aliphatic heterocycles. The van der Waals surface area contributed by atoms with Crippen LogP contribution in [0.1, 0.15) is 5.56 Å². The van der Waals surface area contributed by atoms with E-state index in [4.69, 9.17) is 5.84 Å². The minimum atomic E-state index is 0.296. The van der Waals surface area contributed by atoms with Crippen LogP contribution in [0.4, 0.5) is 5.95 Å². The van der Waals surface area contributed by atoms with Crippen LogP contribution in [0.2, 0.25) is 0 Å². The Balaban J connectivity index is 1.94. The number of nitrogens with two attached hydrogens (primary N) is 1. The number of aromatic nitrogens is 5. The predicted octanol–water partition coefficient (Wildman–Crippen LogP) is 1.80. The zero-order chi connectivity index (χ0) is 14.7. The average Bonchev–Trinajstić information content (AvgIpc) is 3.04. The highest BCUT2D eigenvalue weighted by atomic mass is 32.2. The Morgan fingerprint density at radius 1 is 1.14 bits per heavy atom. The first-order chi connectivity index (χ1) is 10.2. The third-order valence-electron chi connectivity index (χ3n) is 2.67. The summed E-state index contributed by atoms with van der Waals surface area (Å²) in [6.07, 6.45) is 3.42. The summed E-state index contributed by atoms with van der Waals surface area (Å²) in [5.41, 5.74) is 3.65. The van der Waals surface area contributed by atoms with Crippen LogP contribution in [0.3, 0.4) is 0 Å². The van der Waals surface area contributed by atoms with E-state index in [2.05, 4.69) is 25.5 Å². The number of rotatable bonds is 4. The molecule has 0 fully saturated rings. The molecule has 106 valence electrons. The summed E-state index contributed by atoms with van der Waals surface area (Å²) in [6, 6.07) is 9.92. The van der Waals surface area contributed by atoms with Crippen LogP contribution >= 0.6 is 11.8 Å². The lowest BCUT2D eigenvalue weighted by molar-refractivity contribution is 0.760. The maximum Gasteiger partial charge on any atom is 0.256 e. The van der Waals surface area contributed by atoms with Gasteiger partial charge in [0.25, 0.3) is 5.95 Å². The lowest BCUT2D eigenvalue weighted by Gasteiger charge is -2.06. The van der Waals surface area contributed by atoms with Crippen molar-refractivity contribution >= 4 is 17.7 Å². The van der Waals surface area contributed by atoms with Crippen LogP contribution in [-0.4, -0.2) is 24.7 Å². The quantitative estimate of drug-likeness (QED) is 0.560. The molecule has 0 aliphatic carbocycles. The second kappa shape index (κ2) is 5.90. The van der Waals surface area contributed by atoms with Crippen molar-refractivity contribution in [3.05, 3.63) is 48.3 Å². The van der Waals surface area contributed by atoms with E-state index in [1.165, 1.54) is 17.3 Å². The molecule has 0 saturated heterocycles. The highest BCUT2D eigenvalue weighted by molar-refractivity contribution is 7.99. The van der Waals surface area contributed by atoms with Gasteiger partial charge in [0.2, 0.25) is 5.95 Å². The van der Waals surface area contributed by atoms with Crippen LogP contribution in [0.25, 0.3) is 5.95 Å². The molecule has 2 aromatic heterocycles. The van der Waals surface area contributed by atoms with Gasteiger partial charge in [0.15, 0.2) is 5.16 Å². The van der Waals surface area contributed by atoms with Crippen molar-refractivity contribution in [3.8, 4) is 5.95 Å². The first kappa shape index (κ1) is 13.5. The van der Waals surface area contributed by atoms with Gasteiger partial charge in [-0.1, -0.05) is 17.7 Å². The van der Waals surface area contributed by atoms with Gasteiger partial charge in [-0.2, -0.15) is 20.1 Å². The van der Waals surface area contributed by atoms with E-state index < -0.39 is 0 Å². The number of nitrogens with zero attached hydrogens (tertiary/aromatic N) is 5. The summed E-state index contributed by atoms with van der Waals surface area (Å²) in [6.45, 7) is 2.05. The van der Waals surface area contributed by atoms with Crippen molar-refractivity contribution in [1.82, 2.24) is 24.7 Å². The van der Waals surface area contributed by atoms with Crippen molar-refractivity contribution in [2.45, 2.75) is 17.0 Å². The Morgan fingerprint density at radius 2 is 1.95 bits per heavy atom. The van der Waals surface area contributed by atoms with E-state index in [1.807, 2.05) is 31.2 Å². The number of aryl methyl sites for hydroxylation is 1. The third kappa shape index (κ3) is 3.18. The zero-order valence-corrected chi connectivity index (χ0v) is 12.1. The normalized spacial score (nSPS) is 10.6. The first-order valence-corrected chi connectivity index (χ1v) is 7.03. The molecule has 0 radical (unpaired) electrons. The molecule has 21 heavy (non-hydrogen) atoms. The molecule has 0 amide bonds. The molecule has 0 unspecified atom stereocenters. The lowest BCUT2D eigenvalue weighted by Crippen LogP contribution is -2.14. The van der Waals surface area contributed by atoms with Gasteiger partial charge in [0, 0.05) is 17.3 Å². The molecular formula is C13H13N7S. The molecule has 0 spiro atoms.